The van der Waals surface area contributed by atoms with E-state index in [1.165, 1.54) is 4.70 Å². The molecule has 0 atom stereocenters. The van der Waals surface area contributed by atoms with Crippen LogP contribution in [0.2, 0.25) is 0 Å². The number of para-hydroxylation sites is 1. The Bertz CT molecular complexity index is 688. The van der Waals surface area contributed by atoms with E-state index in [1.807, 2.05) is 30.3 Å². The van der Waals surface area contributed by atoms with Gasteiger partial charge in [-0.25, -0.2) is 4.98 Å². The Hall–Kier alpha value is -1.65. The first-order chi connectivity index (χ1) is 9.51. The zero-order chi connectivity index (χ0) is 14.2. The lowest BCUT2D eigenvalue weighted by Crippen LogP contribution is -2.34. The summed E-state index contributed by atoms with van der Waals surface area (Å²) in [6.45, 7) is 7.16. The molecule has 2 heterocycles. The molecule has 0 fully saturated rings. The monoisotopic (exact) mass is 286 g/mol. The van der Waals surface area contributed by atoms with Crippen LogP contribution < -0.4 is 5.32 Å². The zero-order valence-corrected chi connectivity index (χ0v) is 12.8. The molecule has 2 aromatic heterocycles. The van der Waals surface area contributed by atoms with E-state index in [0.717, 1.165) is 28.6 Å². The molecule has 20 heavy (non-hydrogen) atoms. The largest absolute Gasteiger partial charge is 0.457 e. The van der Waals surface area contributed by atoms with Gasteiger partial charge in [-0.15, -0.1) is 11.3 Å². The van der Waals surface area contributed by atoms with Crippen LogP contribution in [0.1, 0.15) is 26.5 Å². The first-order valence-electron chi connectivity index (χ1n) is 6.71. The van der Waals surface area contributed by atoms with Crippen LogP contribution in [-0.4, -0.2) is 10.5 Å². The molecule has 1 N–H and O–H groups in total. The Morgan fingerprint density at radius 1 is 1.15 bits per heavy atom. The highest BCUT2D eigenvalue weighted by molar-refractivity contribution is 7.21. The summed E-state index contributed by atoms with van der Waals surface area (Å²) in [5, 5.41) is 4.36. The van der Waals surface area contributed by atoms with Crippen LogP contribution >= 0.6 is 11.3 Å². The van der Waals surface area contributed by atoms with E-state index >= 15 is 0 Å². The van der Waals surface area contributed by atoms with Crippen molar-refractivity contribution < 1.29 is 4.42 Å². The minimum Gasteiger partial charge on any atom is -0.457 e. The van der Waals surface area contributed by atoms with Gasteiger partial charge in [0, 0.05) is 5.54 Å². The average Bonchev–Trinajstić information content (AvgIpc) is 3.01. The number of rotatable bonds is 3. The number of nitrogens with one attached hydrogen (secondary N) is 1. The molecule has 3 rings (SSSR count). The summed E-state index contributed by atoms with van der Waals surface area (Å²) in [6, 6.07) is 12.2. The standard InChI is InChI=1S/C16H18N2OS/c1-16(2,3)17-10-11-8-9-13(19-11)15-18-12-6-4-5-7-14(12)20-15/h4-9,17H,10H2,1-3H3. The summed E-state index contributed by atoms with van der Waals surface area (Å²) in [6.07, 6.45) is 0. The minimum absolute atomic E-state index is 0.0861. The Morgan fingerprint density at radius 2 is 1.95 bits per heavy atom. The van der Waals surface area contributed by atoms with Crippen LogP contribution in [0.5, 0.6) is 0 Å². The SMILES string of the molecule is CC(C)(C)NCc1ccc(-c2nc3ccccc3s2)o1. The van der Waals surface area contributed by atoms with Gasteiger partial charge in [0.15, 0.2) is 10.8 Å². The molecular weight excluding hydrogens is 268 g/mol. The molecule has 4 heteroatoms. The lowest BCUT2D eigenvalue weighted by Gasteiger charge is -2.19. The fourth-order valence-electron chi connectivity index (χ4n) is 1.92. The number of hydrogen-bond acceptors (Lipinski definition) is 4. The third-order valence-corrected chi connectivity index (χ3v) is 4.01. The molecule has 1 aromatic carbocycles. The second kappa shape index (κ2) is 5.04. The predicted octanol–water partition coefficient (Wildman–Crippen LogP) is 4.44. The van der Waals surface area contributed by atoms with E-state index in [4.69, 9.17) is 4.42 Å². The van der Waals surface area contributed by atoms with Gasteiger partial charge in [0.2, 0.25) is 0 Å². The fraction of sp³-hybridized carbons (Fsp3) is 0.312. The van der Waals surface area contributed by atoms with Gasteiger partial charge in [0.05, 0.1) is 16.8 Å². The second-order valence-corrected chi connectivity index (χ2v) is 6.89. The Kier molecular flexibility index (Phi) is 3.36. The Morgan fingerprint density at radius 3 is 2.70 bits per heavy atom. The van der Waals surface area contributed by atoms with E-state index in [2.05, 4.69) is 37.1 Å². The van der Waals surface area contributed by atoms with Crippen LogP contribution in [0.25, 0.3) is 21.0 Å². The third kappa shape index (κ3) is 2.92. The van der Waals surface area contributed by atoms with Gasteiger partial charge in [0.1, 0.15) is 5.76 Å². The highest BCUT2D eigenvalue weighted by Crippen LogP contribution is 2.31. The summed E-state index contributed by atoms with van der Waals surface area (Å²) < 4.78 is 7.07. The molecule has 0 amide bonds. The smallest absolute Gasteiger partial charge is 0.163 e. The first kappa shape index (κ1) is 13.3. The summed E-state index contributed by atoms with van der Waals surface area (Å²) in [5.74, 6) is 1.78. The van der Waals surface area contributed by atoms with E-state index in [1.54, 1.807) is 11.3 Å². The van der Waals surface area contributed by atoms with E-state index < -0.39 is 0 Å². The number of nitrogens with zero attached hydrogens (tertiary/aromatic N) is 1. The molecule has 0 radical (unpaired) electrons. The van der Waals surface area contributed by atoms with Gasteiger partial charge < -0.3 is 9.73 Å². The summed E-state index contributed by atoms with van der Waals surface area (Å²) >= 11 is 1.66. The molecule has 0 aliphatic heterocycles. The van der Waals surface area contributed by atoms with Crippen molar-refractivity contribution in [3.8, 4) is 10.8 Å². The molecule has 0 saturated carbocycles. The Labute approximate surface area is 122 Å². The van der Waals surface area contributed by atoms with Crippen molar-refractivity contribution in [3.05, 3.63) is 42.2 Å². The molecule has 3 aromatic rings. The van der Waals surface area contributed by atoms with Crippen molar-refractivity contribution in [2.24, 2.45) is 0 Å². The highest BCUT2D eigenvalue weighted by Gasteiger charge is 2.13. The van der Waals surface area contributed by atoms with Crippen molar-refractivity contribution in [1.29, 1.82) is 0 Å². The molecule has 0 aliphatic carbocycles. The molecule has 3 nitrogen and oxygen atoms in total. The van der Waals surface area contributed by atoms with Crippen LogP contribution in [0, 0.1) is 0 Å². The number of hydrogen-bond donors (Lipinski definition) is 1. The Balaban J connectivity index is 1.82. The van der Waals surface area contributed by atoms with E-state index in [-0.39, 0.29) is 5.54 Å². The maximum atomic E-state index is 5.88. The first-order valence-corrected chi connectivity index (χ1v) is 7.53. The minimum atomic E-state index is 0.0861. The summed E-state index contributed by atoms with van der Waals surface area (Å²) in [4.78, 5) is 4.61. The maximum absolute atomic E-state index is 5.88. The quantitative estimate of drug-likeness (QED) is 0.773. The van der Waals surface area contributed by atoms with Gasteiger partial charge >= 0.3 is 0 Å². The fourth-order valence-corrected chi connectivity index (χ4v) is 2.85. The van der Waals surface area contributed by atoms with Gasteiger partial charge in [-0.05, 0) is 45.0 Å². The molecule has 104 valence electrons. The summed E-state index contributed by atoms with van der Waals surface area (Å²) in [7, 11) is 0. The third-order valence-electron chi connectivity index (χ3n) is 2.96. The topological polar surface area (TPSA) is 38.1 Å². The number of furan rings is 1. The highest BCUT2D eigenvalue weighted by atomic mass is 32.1. The lowest BCUT2D eigenvalue weighted by molar-refractivity contribution is 0.391. The van der Waals surface area contributed by atoms with Crippen molar-refractivity contribution in [2.75, 3.05) is 0 Å². The number of fused-ring (bicyclic) bond motifs is 1. The molecule has 0 spiro atoms. The van der Waals surface area contributed by atoms with Crippen LogP contribution in [0.15, 0.2) is 40.8 Å². The van der Waals surface area contributed by atoms with Crippen LogP contribution in [-0.2, 0) is 6.54 Å². The van der Waals surface area contributed by atoms with Crippen LogP contribution in [0.4, 0.5) is 0 Å². The molecule has 0 aliphatic rings. The van der Waals surface area contributed by atoms with Crippen molar-refractivity contribution in [3.63, 3.8) is 0 Å². The lowest BCUT2D eigenvalue weighted by atomic mass is 10.1. The van der Waals surface area contributed by atoms with Crippen LogP contribution in [0.3, 0.4) is 0 Å². The zero-order valence-electron chi connectivity index (χ0n) is 11.9. The van der Waals surface area contributed by atoms with Gasteiger partial charge in [0.25, 0.3) is 0 Å². The summed E-state index contributed by atoms with van der Waals surface area (Å²) in [5.41, 5.74) is 1.11. The van der Waals surface area contributed by atoms with Crippen molar-refractivity contribution in [2.45, 2.75) is 32.9 Å². The van der Waals surface area contributed by atoms with Gasteiger partial charge in [-0.2, -0.15) is 0 Å². The van der Waals surface area contributed by atoms with Gasteiger partial charge in [-0.1, -0.05) is 12.1 Å². The normalized spacial score (nSPS) is 12.2. The average molecular weight is 286 g/mol. The number of benzene rings is 1. The molecule has 0 bridgehead atoms. The van der Waals surface area contributed by atoms with Crippen molar-refractivity contribution in [1.82, 2.24) is 10.3 Å². The van der Waals surface area contributed by atoms with E-state index in [0.29, 0.717) is 0 Å². The maximum Gasteiger partial charge on any atom is 0.163 e. The van der Waals surface area contributed by atoms with Gasteiger partial charge in [-0.3, -0.25) is 0 Å². The predicted molar refractivity (Wildman–Crippen MR) is 83.9 cm³/mol. The molecule has 0 unspecified atom stereocenters. The van der Waals surface area contributed by atoms with E-state index in [9.17, 15) is 0 Å². The second-order valence-electron chi connectivity index (χ2n) is 5.86. The number of thiazole rings is 1. The number of aromatic nitrogens is 1. The molecular formula is C16H18N2OS. The molecule has 0 saturated heterocycles. The van der Waals surface area contributed by atoms with Crippen molar-refractivity contribution >= 4 is 21.6 Å².